The van der Waals surface area contributed by atoms with Crippen molar-refractivity contribution in [2.24, 2.45) is 5.73 Å². The fourth-order valence-electron chi connectivity index (χ4n) is 3.34. The Labute approximate surface area is 166 Å². The third-order valence-electron chi connectivity index (χ3n) is 5.18. The fourth-order valence-corrected chi connectivity index (χ4v) is 3.34. The highest BCUT2D eigenvalue weighted by molar-refractivity contribution is 5.32. The number of hydrogen-bond donors (Lipinski definition) is 2. The molecule has 2 aromatic heterocycles. The minimum Gasteiger partial charge on any atom is -0.392 e. The fraction of sp³-hybridized carbons (Fsp3) is 0.304. The third-order valence-corrected chi connectivity index (χ3v) is 5.18. The molecule has 0 fully saturated rings. The lowest BCUT2D eigenvalue weighted by atomic mass is 10.0. The Bertz CT molecular complexity index is 898. The largest absolute Gasteiger partial charge is 0.392 e. The SMILES string of the molecule is Cc1cccnc1CN(Cc1ccc(CN)cc1CO)[C@@H](C)c1ccccn1. The number of benzene rings is 1. The van der Waals surface area contributed by atoms with Crippen LogP contribution in [0.25, 0.3) is 0 Å². The molecule has 146 valence electrons. The average molecular weight is 377 g/mol. The van der Waals surface area contributed by atoms with E-state index in [0.717, 1.165) is 28.1 Å². The first kappa shape index (κ1) is 20.1. The minimum absolute atomic E-state index is 0.00238. The van der Waals surface area contributed by atoms with Gasteiger partial charge >= 0.3 is 0 Å². The van der Waals surface area contributed by atoms with E-state index in [9.17, 15) is 5.11 Å². The summed E-state index contributed by atoms with van der Waals surface area (Å²) in [6.45, 7) is 6.10. The number of rotatable bonds is 8. The second-order valence-corrected chi connectivity index (χ2v) is 7.07. The molecule has 1 aromatic carbocycles. The summed E-state index contributed by atoms with van der Waals surface area (Å²) in [6, 6.07) is 16.2. The summed E-state index contributed by atoms with van der Waals surface area (Å²) < 4.78 is 0. The lowest BCUT2D eigenvalue weighted by Crippen LogP contribution is -2.28. The molecular weight excluding hydrogens is 348 g/mol. The zero-order chi connectivity index (χ0) is 19.9. The van der Waals surface area contributed by atoms with Gasteiger partial charge in [0.15, 0.2) is 0 Å². The first-order chi connectivity index (χ1) is 13.6. The standard InChI is InChI=1S/C23H28N4O/c1-17-6-5-11-26-23(17)15-27(18(2)22-7-3-4-10-25-22)14-20-9-8-19(13-24)12-21(20)16-28/h3-12,18,28H,13-16,24H2,1-2H3/t18-/m0/s1. The predicted octanol–water partition coefficient (Wildman–Crippen LogP) is 3.50. The van der Waals surface area contributed by atoms with E-state index < -0.39 is 0 Å². The Kier molecular flexibility index (Phi) is 6.87. The highest BCUT2D eigenvalue weighted by Gasteiger charge is 2.20. The van der Waals surface area contributed by atoms with Crippen LogP contribution in [0.4, 0.5) is 0 Å². The second kappa shape index (κ2) is 9.55. The summed E-state index contributed by atoms with van der Waals surface area (Å²) in [7, 11) is 0. The lowest BCUT2D eigenvalue weighted by molar-refractivity contribution is 0.183. The van der Waals surface area contributed by atoms with Gasteiger partial charge < -0.3 is 10.8 Å². The predicted molar refractivity (Wildman–Crippen MR) is 111 cm³/mol. The molecule has 0 aliphatic carbocycles. The summed E-state index contributed by atoms with van der Waals surface area (Å²) in [6.07, 6.45) is 3.66. The molecule has 3 rings (SSSR count). The van der Waals surface area contributed by atoms with E-state index in [1.54, 1.807) is 0 Å². The van der Waals surface area contributed by atoms with Crippen LogP contribution in [-0.2, 0) is 26.2 Å². The van der Waals surface area contributed by atoms with Gasteiger partial charge in [0.2, 0.25) is 0 Å². The molecule has 0 amide bonds. The Morgan fingerprint density at radius 2 is 1.82 bits per heavy atom. The smallest absolute Gasteiger partial charge is 0.0685 e. The van der Waals surface area contributed by atoms with Gasteiger partial charge in [-0.15, -0.1) is 0 Å². The average Bonchev–Trinajstić information content (AvgIpc) is 2.75. The molecule has 0 saturated carbocycles. The van der Waals surface area contributed by atoms with Gasteiger partial charge in [-0.05, 0) is 54.3 Å². The molecule has 0 aliphatic rings. The molecule has 3 N–H and O–H groups in total. The lowest BCUT2D eigenvalue weighted by Gasteiger charge is -2.30. The molecule has 1 atom stereocenters. The molecule has 0 radical (unpaired) electrons. The monoisotopic (exact) mass is 376 g/mol. The van der Waals surface area contributed by atoms with E-state index in [-0.39, 0.29) is 12.6 Å². The van der Waals surface area contributed by atoms with Crippen LogP contribution >= 0.6 is 0 Å². The first-order valence-corrected chi connectivity index (χ1v) is 9.59. The maximum absolute atomic E-state index is 9.86. The van der Waals surface area contributed by atoms with Crippen molar-refractivity contribution in [3.8, 4) is 0 Å². The molecular formula is C23H28N4O. The Morgan fingerprint density at radius 1 is 1.00 bits per heavy atom. The van der Waals surface area contributed by atoms with Crippen LogP contribution in [0.1, 0.15) is 46.6 Å². The van der Waals surface area contributed by atoms with Crippen molar-refractivity contribution in [1.29, 1.82) is 0 Å². The van der Waals surface area contributed by atoms with E-state index in [2.05, 4.69) is 40.8 Å². The Balaban J connectivity index is 1.93. The molecule has 2 heterocycles. The first-order valence-electron chi connectivity index (χ1n) is 9.59. The number of aromatic nitrogens is 2. The number of aryl methyl sites for hydroxylation is 1. The third kappa shape index (κ3) is 4.81. The molecule has 28 heavy (non-hydrogen) atoms. The highest BCUT2D eigenvalue weighted by Crippen LogP contribution is 2.25. The van der Waals surface area contributed by atoms with Crippen molar-refractivity contribution < 1.29 is 5.11 Å². The maximum Gasteiger partial charge on any atom is 0.0685 e. The van der Waals surface area contributed by atoms with Crippen molar-refractivity contribution in [2.45, 2.75) is 46.1 Å². The highest BCUT2D eigenvalue weighted by atomic mass is 16.3. The van der Waals surface area contributed by atoms with Crippen molar-refractivity contribution in [3.05, 3.63) is 94.6 Å². The van der Waals surface area contributed by atoms with Crippen molar-refractivity contribution in [2.75, 3.05) is 0 Å². The summed E-state index contributed by atoms with van der Waals surface area (Å²) in [4.78, 5) is 11.5. The van der Waals surface area contributed by atoms with Crippen LogP contribution < -0.4 is 5.73 Å². The van der Waals surface area contributed by atoms with Crippen LogP contribution in [0.15, 0.2) is 60.9 Å². The second-order valence-electron chi connectivity index (χ2n) is 7.07. The van der Waals surface area contributed by atoms with Gasteiger partial charge in [-0.1, -0.05) is 30.3 Å². The topological polar surface area (TPSA) is 75.3 Å². The van der Waals surface area contributed by atoms with Crippen molar-refractivity contribution >= 4 is 0 Å². The van der Waals surface area contributed by atoms with E-state index in [1.807, 2.05) is 48.8 Å². The van der Waals surface area contributed by atoms with Gasteiger partial charge in [0.25, 0.3) is 0 Å². The molecule has 5 nitrogen and oxygen atoms in total. The number of aliphatic hydroxyl groups is 1. The summed E-state index contributed by atoms with van der Waals surface area (Å²) in [5.74, 6) is 0. The van der Waals surface area contributed by atoms with Gasteiger partial charge in [0.05, 0.1) is 18.0 Å². The quantitative estimate of drug-likeness (QED) is 0.629. The zero-order valence-corrected chi connectivity index (χ0v) is 16.5. The van der Waals surface area contributed by atoms with Crippen LogP contribution in [0.5, 0.6) is 0 Å². The molecule has 0 bridgehead atoms. The Morgan fingerprint density at radius 3 is 2.50 bits per heavy atom. The number of aliphatic hydroxyl groups excluding tert-OH is 1. The molecule has 0 aliphatic heterocycles. The van der Waals surface area contributed by atoms with Crippen LogP contribution in [0.2, 0.25) is 0 Å². The van der Waals surface area contributed by atoms with Gasteiger partial charge in [-0.25, -0.2) is 0 Å². The normalized spacial score (nSPS) is 12.3. The number of nitrogens with two attached hydrogens (primary N) is 1. The van der Waals surface area contributed by atoms with Crippen LogP contribution in [0.3, 0.4) is 0 Å². The number of pyridine rings is 2. The summed E-state index contributed by atoms with van der Waals surface area (Å²) >= 11 is 0. The molecule has 3 aromatic rings. The summed E-state index contributed by atoms with van der Waals surface area (Å²) in [5, 5.41) is 9.86. The number of hydrogen-bond acceptors (Lipinski definition) is 5. The van der Waals surface area contributed by atoms with Gasteiger partial charge in [0.1, 0.15) is 0 Å². The molecule has 5 heteroatoms. The van der Waals surface area contributed by atoms with Crippen LogP contribution in [-0.4, -0.2) is 20.0 Å². The van der Waals surface area contributed by atoms with Crippen molar-refractivity contribution in [1.82, 2.24) is 14.9 Å². The number of nitrogens with zero attached hydrogens (tertiary/aromatic N) is 3. The maximum atomic E-state index is 9.86. The van der Waals surface area contributed by atoms with Crippen molar-refractivity contribution in [3.63, 3.8) is 0 Å². The minimum atomic E-state index is -0.00238. The van der Waals surface area contributed by atoms with E-state index in [4.69, 9.17) is 5.73 Å². The zero-order valence-electron chi connectivity index (χ0n) is 16.5. The molecule has 0 spiro atoms. The van der Waals surface area contributed by atoms with E-state index in [0.29, 0.717) is 19.6 Å². The molecule has 0 unspecified atom stereocenters. The summed E-state index contributed by atoms with van der Waals surface area (Å²) in [5.41, 5.74) is 12.0. The van der Waals surface area contributed by atoms with Gasteiger partial charge in [-0.3, -0.25) is 14.9 Å². The van der Waals surface area contributed by atoms with Crippen LogP contribution in [0, 0.1) is 6.92 Å². The Hall–Kier alpha value is -2.60. The van der Waals surface area contributed by atoms with E-state index >= 15 is 0 Å². The van der Waals surface area contributed by atoms with Gasteiger partial charge in [-0.2, -0.15) is 0 Å². The molecule has 0 saturated heterocycles. The van der Waals surface area contributed by atoms with E-state index in [1.165, 1.54) is 5.56 Å². The van der Waals surface area contributed by atoms with Gasteiger partial charge in [0, 0.05) is 38.1 Å².